The third kappa shape index (κ3) is 3.13. The van der Waals surface area contributed by atoms with Gasteiger partial charge in [0, 0.05) is 24.5 Å². The van der Waals surface area contributed by atoms with E-state index in [0.717, 1.165) is 0 Å². The van der Waals surface area contributed by atoms with Crippen molar-refractivity contribution in [3.8, 4) is 0 Å². The van der Waals surface area contributed by atoms with Crippen molar-refractivity contribution >= 4 is 29.1 Å². The summed E-state index contributed by atoms with van der Waals surface area (Å²) in [5, 5.41) is 5.36. The average molecular weight is 290 g/mol. The molecule has 5 nitrogen and oxygen atoms in total. The van der Waals surface area contributed by atoms with E-state index in [1.54, 1.807) is 43.4 Å². The van der Waals surface area contributed by atoms with Crippen molar-refractivity contribution in [1.82, 2.24) is 10.3 Å². The van der Waals surface area contributed by atoms with Gasteiger partial charge in [-0.15, -0.1) is 0 Å². The molecule has 1 heterocycles. The first-order valence-corrected chi connectivity index (χ1v) is 6.23. The number of nitrogens with one attached hydrogen (secondary N) is 2. The smallest absolute Gasteiger partial charge is 0.258 e. The lowest BCUT2D eigenvalue weighted by Gasteiger charge is -2.07. The lowest BCUT2D eigenvalue weighted by atomic mass is 10.2. The highest BCUT2D eigenvalue weighted by atomic mass is 35.5. The van der Waals surface area contributed by atoms with E-state index in [9.17, 15) is 9.59 Å². The van der Waals surface area contributed by atoms with Gasteiger partial charge in [0.15, 0.2) is 0 Å². The maximum absolute atomic E-state index is 12.0. The van der Waals surface area contributed by atoms with Crippen LogP contribution < -0.4 is 10.6 Å². The lowest BCUT2D eigenvalue weighted by Crippen LogP contribution is -2.18. The van der Waals surface area contributed by atoms with Crippen LogP contribution in [0.3, 0.4) is 0 Å². The second kappa shape index (κ2) is 6.16. The fraction of sp³-hybridized carbons (Fsp3) is 0.0714. The topological polar surface area (TPSA) is 71.1 Å². The Morgan fingerprint density at radius 3 is 2.40 bits per heavy atom. The van der Waals surface area contributed by atoms with Gasteiger partial charge in [0.05, 0.1) is 5.56 Å². The number of anilines is 1. The number of halogens is 1. The number of hydrogen-bond acceptors (Lipinski definition) is 3. The number of carbonyl (C=O) groups excluding carboxylic acids is 2. The summed E-state index contributed by atoms with van der Waals surface area (Å²) >= 11 is 5.85. The van der Waals surface area contributed by atoms with Gasteiger partial charge in [-0.2, -0.15) is 0 Å². The SMILES string of the molecule is CNC(=O)c1ccc(NC(=O)c2cccnc2Cl)cc1. The van der Waals surface area contributed by atoms with Crippen LogP contribution >= 0.6 is 11.6 Å². The first-order chi connectivity index (χ1) is 9.61. The minimum atomic E-state index is -0.351. The Morgan fingerprint density at radius 1 is 1.10 bits per heavy atom. The summed E-state index contributed by atoms with van der Waals surface area (Å²) in [5.74, 6) is -0.533. The molecule has 20 heavy (non-hydrogen) atoms. The molecule has 6 heteroatoms. The minimum absolute atomic E-state index is 0.145. The van der Waals surface area contributed by atoms with Gasteiger partial charge in [-0.1, -0.05) is 11.6 Å². The van der Waals surface area contributed by atoms with Gasteiger partial charge in [0.1, 0.15) is 5.15 Å². The number of benzene rings is 1. The Hall–Kier alpha value is -2.40. The summed E-state index contributed by atoms with van der Waals surface area (Å²) < 4.78 is 0. The monoisotopic (exact) mass is 289 g/mol. The van der Waals surface area contributed by atoms with E-state index >= 15 is 0 Å². The zero-order valence-electron chi connectivity index (χ0n) is 10.7. The summed E-state index contributed by atoms with van der Waals surface area (Å²) in [6.45, 7) is 0. The van der Waals surface area contributed by atoms with Gasteiger partial charge in [0.2, 0.25) is 0 Å². The van der Waals surface area contributed by atoms with Gasteiger partial charge in [-0.05, 0) is 36.4 Å². The fourth-order valence-electron chi connectivity index (χ4n) is 1.60. The van der Waals surface area contributed by atoms with Crippen molar-refractivity contribution in [3.05, 3.63) is 58.9 Å². The Balaban J connectivity index is 2.13. The maximum Gasteiger partial charge on any atom is 0.258 e. The van der Waals surface area contributed by atoms with Gasteiger partial charge in [0.25, 0.3) is 11.8 Å². The number of aromatic nitrogens is 1. The normalized spacial score (nSPS) is 9.90. The standard InChI is InChI=1S/C14H12ClN3O2/c1-16-13(19)9-4-6-10(7-5-9)18-14(20)11-3-2-8-17-12(11)15/h2-8H,1H3,(H,16,19)(H,18,20). The number of rotatable bonds is 3. The van der Waals surface area contributed by atoms with Crippen LogP contribution in [0.2, 0.25) is 5.15 Å². The number of pyridine rings is 1. The van der Waals surface area contributed by atoms with Crippen LogP contribution in [0.4, 0.5) is 5.69 Å². The largest absolute Gasteiger partial charge is 0.355 e. The molecule has 1 aromatic heterocycles. The molecule has 0 saturated heterocycles. The third-order valence-electron chi connectivity index (χ3n) is 2.64. The summed E-state index contributed by atoms with van der Waals surface area (Å²) in [4.78, 5) is 27.2. The second-order valence-corrected chi connectivity index (χ2v) is 4.31. The lowest BCUT2D eigenvalue weighted by molar-refractivity contribution is 0.0962. The second-order valence-electron chi connectivity index (χ2n) is 3.95. The quantitative estimate of drug-likeness (QED) is 0.852. The van der Waals surface area contributed by atoms with Gasteiger partial charge >= 0.3 is 0 Å². The van der Waals surface area contributed by atoms with Crippen molar-refractivity contribution < 1.29 is 9.59 Å². The molecule has 0 fully saturated rings. The van der Waals surface area contributed by atoms with Crippen molar-refractivity contribution in [2.24, 2.45) is 0 Å². The molecule has 0 atom stereocenters. The van der Waals surface area contributed by atoms with E-state index in [1.165, 1.54) is 6.20 Å². The first kappa shape index (κ1) is 14.0. The molecule has 0 spiro atoms. The molecule has 0 radical (unpaired) electrons. The highest BCUT2D eigenvalue weighted by Gasteiger charge is 2.11. The van der Waals surface area contributed by atoms with Crippen molar-refractivity contribution in [3.63, 3.8) is 0 Å². The molecular weight excluding hydrogens is 278 g/mol. The highest BCUT2D eigenvalue weighted by molar-refractivity contribution is 6.33. The van der Waals surface area contributed by atoms with E-state index < -0.39 is 0 Å². The third-order valence-corrected chi connectivity index (χ3v) is 2.94. The highest BCUT2D eigenvalue weighted by Crippen LogP contribution is 2.15. The molecule has 2 rings (SSSR count). The summed E-state index contributed by atoms with van der Waals surface area (Å²) in [7, 11) is 1.56. The molecule has 0 aliphatic heterocycles. The Morgan fingerprint density at radius 2 is 1.80 bits per heavy atom. The first-order valence-electron chi connectivity index (χ1n) is 5.86. The molecular formula is C14H12ClN3O2. The van der Waals surface area contributed by atoms with Gasteiger partial charge in [-0.25, -0.2) is 4.98 Å². The molecule has 2 aromatic rings. The minimum Gasteiger partial charge on any atom is -0.355 e. The molecule has 0 aliphatic rings. The maximum atomic E-state index is 12.0. The van der Waals surface area contributed by atoms with Gasteiger partial charge < -0.3 is 10.6 Å². The molecule has 1 aromatic carbocycles. The van der Waals surface area contributed by atoms with Crippen LogP contribution in [0.25, 0.3) is 0 Å². The fourth-order valence-corrected chi connectivity index (χ4v) is 1.81. The van der Waals surface area contributed by atoms with Gasteiger partial charge in [-0.3, -0.25) is 9.59 Å². The van der Waals surface area contributed by atoms with Crippen molar-refractivity contribution in [2.45, 2.75) is 0 Å². The Kier molecular flexibility index (Phi) is 4.32. The summed E-state index contributed by atoms with van der Waals surface area (Å²) in [5.41, 5.74) is 1.39. The molecule has 0 unspecified atom stereocenters. The van der Waals surface area contributed by atoms with Crippen molar-refractivity contribution in [1.29, 1.82) is 0 Å². The van der Waals surface area contributed by atoms with Crippen LogP contribution in [-0.4, -0.2) is 23.8 Å². The van der Waals surface area contributed by atoms with E-state index in [1.807, 2.05) is 0 Å². The zero-order valence-corrected chi connectivity index (χ0v) is 11.4. The van der Waals surface area contributed by atoms with E-state index in [0.29, 0.717) is 16.8 Å². The molecule has 2 N–H and O–H groups in total. The number of amides is 2. The van der Waals surface area contributed by atoms with Crippen LogP contribution in [0.5, 0.6) is 0 Å². The van der Waals surface area contributed by atoms with E-state index in [-0.39, 0.29) is 17.0 Å². The zero-order chi connectivity index (χ0) is 14.5. The van der Waals surface area contributed by atoms with Crippen molar-refractivity contribution in [2.75, 3.05) is 12.4 Å². The molecule has 0 aliphatic carbocycles. The van der Waals surface area contributed by atoms with Crippen LogP contribution in [0, 0.1) is 0 Å². The predicted molar refractivity (Wildman–Crippen MR) is 77.0 cm³/mol. The number of hydrogen-bond donors (Lipinski definition) is 2. The molecule has 102 valence electrons. The average Bonchev–Trinajstić information content (AvgIpc) is 2.47. The Bertz CT molecular complexity index is 641. The molecule has 2 amide bonds. The predicted octanol–water partition coefficient (Wildman–Crippen LogP) is 2.35. The Labute approximate surface area is 121 Å². The summed E-state index contributed by atoms with van der Waals surface area (Å²) in [6, 6.07) is 9.76. The van der Waals surface area contributed by atoms with Crippen LogP contribution in [-0.2, 0) is 0 Å². The molecule has 0 bridgehead atoms. The van der Waals surface area contributed by atoms with E-state index in [2.05, 4.69) is 15.6 Å². The summed E-state index contributed by atoms with van der Waals surface area (Å²) in [6.07, 6.45) is 1.51. The molecule has 0 saturated carbocycles. The van der Waals surface area contributed by atoms with E-state index in [4.69, 9.17) is 11.6 Å². The number of nitrogens with zero attached hydrogens (tertiary/aromatic N) is 1. The van der Waals surface area contributed by atoms with Crippen LogP contribution in [0.1, 0.15) is 20.7 Å². The van der Waals surface area contributed by atoms with Crippen LogP contribution in [0.15, 0.2) is 42.6 Å². The number of carbonyl (C=O) groups is 2.